The lowest BCUT2D eigenvalue weighted by Gasteiger charge is -2.08. The van der Waals surface area contributed by atoms with Crippen LogP contribution in [-0.2, 0) is 6.42 Å². The van der Waals surface area contributed by atoms with Gasteiger partial charge in [-0.1, -0.05) is 62.7 Å². The minimum Gasteiger partial charge on any atom is -0.0843 e. The van der Waals surface area contributed by atoms with Crippen molar-refractivity contribution in [3.8, 4) is 11.1 Å². The van der Waals surface area contributed by atoms with Crippen molar-refractivity contribution in [2.75, 3.05) is 0 Å². The van der Waals surface area contributed by atoms with Crippen LogP contribution in [0.25, 0.3) is 11.1 Å². The molecule has 2 rings (SSSR count). The number of rotatable bonds is 2. The summed E-state index contributed by atoms with van der Waals surface area (Å²) in [5.74, 6) is 0. The Hall–Kier alpha value is -1.27. The van der Waals surface area contributed by atoms with Gasteiger partial charge in [-0.15, -0.1) is 0 Å². The Labute approximate surface area is 116 Å². The van der Waals surface area contributed by atoms with Crippen LogP contribution in [0.15, 0.2) is 42.5 Å². The topological polar surface area (TPSA) is 0 Å². The number of hydrogen-bond acceptors (Lipinski definition) is 0. The van der Waals surface area contributed by atoms with Crippen molar-refractivity contribution < 1.29 is 0 Å². The second-order valence-electron chi connectivity index (χ2n) is 4.01. The SMILES string of the molecule is CC.CCc1ccc(C)c(-c2cccc(Cl)c2)c1. The summed E-state index contributed by atoms with van der Waals surface area (Å²) in [5.41, 5.74) is 5.13. The van der Waals surface area contributed by atoms with E-state index in [1.54, 1.807) is 0 Å². The molecule has 0 saturated carbocycles. The lowest BCUT2D eigenvalue weighted by atomic mass is 9.97. The van der Waals surface area contributed by atoms with Gasteiger partial charge in [-0.3, -0.25) is 0 Å². The van der Waals surface area contributed by atoms with E-state index in [1.807, 2.05) is 32.0 Å². The van der Waals surface area contributed by atoms with Gasteiger partial charge in [-0.2, -0.15) is 0 Å². The van der Waals surface area contributed by atoms with Crippen LogP contribution in [0.4, 0.5) is 0 Å². The molecule has 0 aliphatic carbocycles. The Morgan fingerprint density at radius 3 is 2.33 bits per heavy atom. The van der Waals surface area contributed by atoms with Crippen LogP contribution in [0.3, 0.4) is 0 Å². The molecule has 0 unspecified atom stereocenters. The van der Waals surface area contributed by atoms with E-state index in [0.29, 0.717) is 0 Å². The van der Waals surface area contributed by atoms with E-state index in [0.717, 1.165) is 11.4 Å². The van der Waals surface area contributed by atoms with Crippen molar-refractivity contribution in [1.29, 1.82) is 0 Å². The van der Waals surface area contributed by atoms with Crippen molar-refractivity contribution in [3.05, 3.63) is 58.6 Å². The first-order valence-corrected chi connectivity index (χ1v) is 6.94. The fraction of sp³-hybridized carbons (Fsp3) is 0.294. The maximum absolute atomic E-state index is 6.02. The average Bonchev–Trinajstić information content (AvgIpc) is 2.41. The molecule has 0 radical (unpaired) electrons. The summed E-state index contributed by atoms with van der Waals surface area (Å²) in [5, 5.41) is 0.791. The zero-order valence-corrected chi connectivity index (χ0v) is 12.4. The summed E-state index contributed by atoms with van der Waals surface area (Å²) in [4.78, 5) is 0. The van der Waals surface area contributed by atoms with E-state index in [1.165, 1.54) is 22.3 Å². The van der Waals surface area contributed by atoms with Crippen LogP contribution in [0.2, 0.25) is 5.02 Å². The molecule has 96 valence electrons. The number of hydrogen-bond donors (Lipinski definition) is 0. The standard InChI is InChI=1S/C15H15Cl.C2H6/c1-3-12-8-7-11(2)15(9-12)13-5-4-6-14(16)10-13;1-2/h4-10H,3H2,1-2H3;1-2H3. The molecule has 0 fully saturated rings. The third kappa shape index (κ3) is 3.61. The van der Waals surface area contributed by atoms with Crippen molar-refractivity contribution >= 4 is 11.6 Å². The van der Waals surface area contributed by atoms with Crippen molar-refractivity contribution in [2.24, 2.45) is 0 Å². The molecule has 0 heterocycles. The zero-order chi connectivity index (χ0) is 13.5. The molecule has 0 atom stereocenters. The highest BCUT2D eigenvalue weighted by Crippen LogP contribution is 2.26. The molecule has 2 aromatic rings. The maximum Gasteiger partial charge on any atom is 0.0412 e. The zero-order valence-electron chi connectivity index (χ0n) is 11.6. The number of benzene rings is 2. The van der Waals surface area contributed by atoms with Crippen molar-refractivity contribution in [1.82, 2.24) is 0 Å². The monoisotopic (exact) mass is 260 g/mol. The van der Waals surface area contributed by atoms with Crippen LogP contribution in [0.5, 0.6) is 0 Å². The second-order valence-corrected chi connectivity index (χ2v) is 4.45. The van der Waals surface area contributed by atoms with Gasteiger partial charge >= 0.3 is 0 Å². The highest BCUT2D eigenvalue weighted by molar-refractivity contribution is 6.30. The predicted octanol–water partition coefficient (Wildman–Crippen LogP) is 5.90. The van der Waals surface area contributed by atoms with E-state index in [-0.39, 0.29) is 0 Å². The highest BCUT2D eigenvalue weighted by atomic mass is 35.5. The summed E-state index contributed by atoms with van der Waals surface area (Å²) in [7, 11) is 0. The van der Waals surface area contributed by atoms with E-state index < -0.39 is 0 Å². The molecule has 0 nitrogen and oxygen atoms in total. The van der Waals surface area contributed by atoms with Crippen LogP contribution >= 0.6 is 11.6 Å². The van der Waals surface area contributed by atoms with Crippen LogP contribution in [0, 0.1) is 6.92 Å². The Bertz CT molecular complexity index is 501. The molecule has 0 aliphatic rings. The van der Waals surface area contributed by atoms with E-state index in [4.69, 9.17) is 11.6 Å². The largest absolute Gasteiger partial charge is 0.0843 e. The Balaban J connectivity index is 0.000000771. The summed E-state index contributed by atoms with van der Waals surface area (Å²) in [6.45, 7) is 8.31. The van der Waals surface area contributed by atoms with Crippen molar-refractivity contribution in [2.45, 2.75) is 34.1 Å². The maximum atomic E-state index is 6.02. The molecule has 0 aromatic heterocycles. The van der Waals surface area contributed by atoms with Gasteiger partial charge in [-0.05, 0) is 47.7 Å². The summed E-state index contributed by atoms with van der Waals surface area (Å²) < 4.78 is 0. The Morgan fingerprint density at radius 1 is 1.00 bits per heavy atom. The molecule has 18 heavy (non-hydrogen) atoms. The van der Waals surface area contributed by atoms with Gasteiger partial charge in [0.1, 0.15) is 0 Å². The molecule has 0 amide bonds. The summed E-state index contributed by atoms with van der Waals surface area (Å²) >= 11 is 6.02. The first-order valence-electron chi connectivity index (χ1n) is 6.56. The minimum atomic E-state index is 0.791. The molecular formula is C17H21Cl. The van der Waals surface area contributed by atoms with Crippen LogP contribution in [0.1, 0.15) is 31.9 Å². The average molecular weight is 261 g/mol. The molecule has 2 aromatic carbocycles. The Morgan fingerprint density at radius 2 is 1.72 bits per heavy atom. The van der Waals surface area contributed by atoms with Gasteiger partial charge in [0.25, 0.3) is 0 Å². The van der Waals surface area contributed by atoms with Crippen molar-refractivity contribution in [3.63, 3.8) is 0 Å². The molecule has 0 spiro atoms. The smallest absolute Gasteiger partial charge is 0.0412 e. The van der Waals surface area contributed by atoms with Gasteiger partial charge in [0.15, 0.2) is 0 Å². The van der Waals surface area contributed by atoms with Crippen LogP contribution in [-0.4, -0.2) is 0 Å². The molecule has 1 heteroatoms. The van der Waals surface area contributed by atoms with Gasteiger partial charge in [0, 0.05) is 5.02 Å². The number of halogens is 1. The first kappa shape index (κ1) is 14.8. The first-order chi connectivity index (χ1) is 8.70. The third-order valence-corrected chi connectivity index (χ3v) is 3.08. The van der Waals surface area contributed by atoms with E-state index in [2.05, 4.69) is 38.1 Å². The van der Waals surface area contributed by atoms with Gasteiger partial charge in [0.2, 0.25) is 0 Å². The molecular weight excluding hydrogens is 240 g/mol. The van der Waals surface area contributed by atoms with Gasteiger partial charge < -0.3 is 0 Å². The lowest BCUT2D eigenvalue weighted by Crippen LogP contribution is -1.87. The molecule has 0 bridgehead atoms. The summed E-state index contributed by atoms with van der Waals surface area (Å²) in [6.07, 6.45) is 1.06. The second kappa shape index (κ2) is 7.23. The molecule has 0 saturated heterocycles. The molecule has 0 N–H and O–H groups in total. The fourth-order valence-electron chi connectivity index (χ4n) is 1.86. The van der Waals surface area contributed by atoms with E-state index in [9.17, 15) is 0 Å². The predicted molar refractivity (Wildman–Crippen MR) is 82.4 cm³/mol. The Kier molecular flexibility index (Phi) is 5.94. The quantitative estimate of drug-likeness (QED) is 0.630. The fourth-order valence-corrected chi connectivity index (χ4v) is 2.05. The highest BCUT2D eigenvalue weighted by Gasteiger charge is 2.03. The van der Waals surface area contributed by atoms with Gasteiger partial charge in [0.05, 0.1) is 0 Å². The molecule has 0 aliphatic heterocycles. The number of aryl methyl sites for hydroxylation is 2. The van der Waals surface area contributed by atoms with Crippen LogP contribution < -0.4 is 0 Å². The lowest BCUT2D eigenvalue weighted by molar-refractivity contribution is 1.14. The summed E-state index contributed by atoms with van der Waals surface area (Å²) in [6, 6.07) is 14.6. The minimum absolute atomic E-state index is 0.791. The third-order valence-electron chi connectivity index (χ3n) is 2.85. The normalized spacial score (nSPS) is 9.61. The van der Waals surface area contributed by atoms with Gasteiger partial charge in [-0.25, -0.2) is 0 Å². The van der Waals surface area contributed by atoms with E-state index >= 15 is 0 Å².